The Morgan fingerprint density at radius 2 is 2.11 bits per heavy atom. The zero-order chi connectivity index (χ0) is 13.4. The Kier molecular flexibility index (Phi) is 3.14. The zero-order valence-corrected chi connectivity index (χ0v) is 11.5. The molecule has 0 unspecified atom stereocenters. The van der Waals surface area contributed by atoms with Crippen molar-refractivity contribution < 1.29 is 4.79 Å². The van der Waals surface area contributed by atoms with E-state index in [2.05, 4.69) is 9.97 Å². The zero-order valence-electron chi connectivity index (χ0n) is 10.7. The molecule has 0 bridgehead atoms. The number of nitrogens with zero attached hydrogens (tertiary/aromatic N) is 2. The van der Waals surface area contributed by atoms with Gasteiger partial charge in [-0.25, -0.2) is 9.97 Å². The largest absolute Gasteiger partial charge is 0.369 e. The van der Waals surface area contributed by atoms with Gasteiger partial charge in [0.15, 0.2) is 0 Å². The van der Waals surface area contributed by atoms with Gasteiger partial charge in [-0.2, -0.15) is 0 Å². The van der Waals surface area contributed by atoms with Crippen LogP contribution in [0, 0.1) is 0 Å². The number of hydrogen-bond donors (Lipinski definition) is 1. The first-order chi connectivity index (χ1) is 9.15. The number of nitrogens with two attached hydrogens (primary N) is 1. The first-order valence-electron chi connectivity index (χ1n) is 6.38. The van der Waals surface area contributed by atoms with Crippen molar-refractivity contribution in [3.8, 4) is 0 Å². The van der Waals surface area contributed by atoms with Crippen LogP contribution < -0.4 is 5.73 Å². The number of para-hydroxylation sites is 1. The summed E-state index contributed by atoms with van der Waals surface area (Å²) in [6.07, 6.45) is 2.32. The van der Waals surface area contributed by atoms with Gasteiger partial charge in [0.25, 0.3) is 0 Å². The van der Waals surface area contributed by atoms with Gasteiger partial charge in [-0.3, -0.25) is 4.79 Å². The van der Waals surface area contributed by atoms with E-state index in [1.807, 2.05) is 24.3 Å². The smallest absolute Gasteiger partial charge is 0.230 e. The molecule has 0 spiro atoms. The van der Waals surface area contributed by atoms with E-state index >= 15 is 0 Å². The highest BCUT2D eigenvalue weighted by Crippen LogP contribution is 2.40. The summed E-state index contributed by atoms with van der Waals surface area (Å²) < 4.78 is 0. The van der Waals surface area contributed by atoms with Crippen LogP contribution >= 0.6 is 11.8 Å². The number of primary amides is 1. The summed E-state index contributed by atoms with van der Waals surface area (Å²) in [4.78, 5) is 20.5. The number of rotatable bonds is 4. The highest BCUT2D eigenvalue weighted by molar-refractivity contribution is 8.00. The standard InChI is InChI=1S/C14H15N3OS/c1-8(12(15)18)19-14-10-4-2-3-5-11(10)16-13(17-14)9-6-7-9/h2-5,8-9H,6-7H2,1H3,(H2,15,18)/t8-/m0/s1. The molecule has 1 amide bonds. The lowest BCUT2D eigenvalue weighted by Gasteiger charge is -2.10. The van der Waals surface area contributed by atoms with Crippen LogP contribution in [0.25, 0.3) is 10.9 Å². The van der Waals surface area contributed by atoms with E-state index in [0.717, 1.165) is 34.6 Å². The van der Waals surface area contributed by atoms with Crippen LogP contribution in [0.3, 0.4) is 0 Å². The van der Waals surface area contributed by atoms with Gasteiger partial charge in [-0.15, -0.1) is 0 Å². The molecular formula is C14H15N3OS. The summed E-state index contributed by atoms with van der Waals surface area (Å²) in [7, 11) is 0. The molecule has 1 aliphatic carbocycles. The number of benzene rings is 1. The Morgan fingerprint density at radius 1 is 1.37 bits per heavy atom. The third-order valence-corrected chi connectivity index (χ3v) is 4.34. The molecule has 1 heterocycles. The summed E-state index contributed by atoms with van der Waals surface area (Å²) in [6.45, 7) is 1.81. The molecule has 2 N–H and O–H groups in total. The van der Waals surface area contributed by atoms with E-state index in [1.165, 1.54) is 11.8 Å². The number of amides is 1. The fourth-order valence-corrected chi connectivity index (χ4v) is 2.80. The fraction of sp³-hybridized carbons (Fsp3) is 0.357. The molecule has 4 nitrogen and oxygen atoms in total. The molecular weight excluding hydrogens is 258 g/mol. The lowest BCUT2D eigenvalue weighted by atomic mass is 10.2. The number of hydrogen-bond acceptors (Lipinski definition) is 4. The van der Waals surface area contributed by atoms with Crippen molar-refractivity contribution in [2.75, 3.05) is 0 Å². The second-order valence-electron chi connectivity index (χ2n) is 4.84. The normalized spacial score (nSPS) is 16.5. The molecule has 2 aromatic rings. The Labute approximate surface area is 115 Å². The van der Waals surface area contributed by atoms with Gasteiger partial charge < -0.3 is 5.73 Å². The van der Waals surface area contributed by atoms with Gasteiger partial charge in [0.05, 0.1) is 10.8 Å². The van der Waals surface area contributed by atoms with E-state index in [0.29, 0.717) is 5.92 Å². The van der Waals surface area contributed by atoms with Crippen molar-refractivity contribution in [2.45, 2.75) is 36.0 Å². The van der Waals surface area contributed by atoms with Crippen LogP contribution in [0.5, 0.6) is 0 Å². The summed E-state index contributed by atoms with van der Waals surface area (Å²) in [5.41, 5.74) is 6.28. The predicted octanol–water partition coefficient (Wildman–Crippen LogP) is 2.47. The van der Waals surface area contributed by atoms with Crippen molar-refractivity contribution in [3.63, 3.8) is 0 Å². The van der Waals surface area contributed by atoms with Crippen LogP contribution in [-0.4, -0.2) is 21.1 Å². The number of fused-ring (bicyclic) bond motifs is 1. The number of carbonyl (C=O) groups is 1. The maximum absolute atomic E-state index is 11.2. The minimum Gasteiger partial charge on any atom is -0.369 e. The van der Waals surface area contributed by atoms with E-state index < -0.39 is 0 Å². The lowest BCUT2D eigenvalue weighted by Crippen LogP contribution is -2.22. The van der Waals surface area contributed by atoms with Crippen LogP contribution in [0.2, 0.25) is 0 Å². The van der Waals surface area contributed by atoms with Gasteiger partial charge in [0.2, 0.25) is 5.91 Å². The molecule has 0 saturated heterocycles. The predicted molar refractivity (Wildman–Crippen MR) is 76.0 cm³/mol. The maximum atomic E-state index is 11.2. The van der Waals surface area contributed by atoms with E-state index in [4.69, 9.17) is 5.73 Å². The molecule has 0 aliphatic heterocycles. The van der Waals surface area contributed by atoms with Crippen LogP contribution in [0.4, 0.5) is 0 Å². The molecule has 19 heavy (non-hydrogen) atoms. The summed E-state index contributed by atoms with van der Waals surface area (Å²) >= 11 is 1.41. The number of thioether (sulfide) groups is 1. The van der Waals surface area contributed by atoms with Crippen LogP contribution in [0.1, 0.15) is 31.5 Å². The monoisotopic (exact) mass is 273 g/mol. The van der Waals surface area contributed by atoms with Crippen molar-refractivity contribution in [1.82, 2.24) is 9.97 Å². The van der Waals surface area contributed by atoms with Crippen LogP contribution in [0.15, 0.2) is 29.3 Å². The molecule has 3 rings (SSSR count). The van der Waals surface area contributed by atoms with Crippen LogP contribution in [-0.2, 0) is 4.79 Å². The van der Waals surface area contributed by atoms with E-state index in [-0.39, 0.29) is 11.2 Å². The quantitative estimate of drug-likeness (QED) is 0.686. The maximum Gasteiger partial charge on any atom is 0.230 e. The summed E-state index contributed by atoms with van der Waals surface area (Å²) in [5, 5.41) is 1.56. The number of carbonyl (C=O) groups excluding carboxylic acids is 1. The minimum atomic E-state index is -0.319. The molecule has 5 heteroatoms. The second-order valence-corrected chi connectivity index (χ2v) is 6.17. The highest BCUT2D eigenvalue weighted by Gasteiger charge is 2.28. The van der Waals surface area contributed by atoms with Crippen molar-refractivity contribution in [2.24, 2.45) is 5.73 Å². The topological polar surface area (TPSA) is 68.9 Å². The van der Waals surface area contributed by atoms with Gasteiger partial charge in [0, 0.05) is 11.3 Å². The van der Waals surface area contributed by atoms with Crippen molar-refractivity contribution >= 4 is 28.6 Å². The fourth-order valence-electron chi connectivity index (χ4n) is 1.90. The molecule has 1 aromatic heterocycles. The van der Waals surface area contributed by atoms with Gasteiger partial charge in [0.1, 0.15) is 10.9 Å². The minimum absolute atomic E-state index is 0.287. The molecule has 1 fully saturated rings. The van der Waals surface area contributed by atoms with E-state index in [1.54, 1.807) is 6.92 Å². The molecule has 98 valence electrons. The van der Waals surface area contributed by atoms with Gasteiger partial charge >= 0.3 is 0 Å². The molecule has 1 aromatic carbocycles. The first-order valence-corrected chi connectivity index (χ1v) is 7.26. The highest BCUT2D eigenvalue weighted by atomic mass is 32.2. The van der Waals surface area contributed by atoms with Crippen molar-refractivity contribution in [3.05, 3.63) is 30.1 Å². The Balaban J connectivity index is 2.06. The number of aromatic nitrogens is 2. The molecule has 0 radical (unpaired) electrons. The van der Waals surface area contributed by atoms with Gasteiger partial charge in [-0.1, -0.05) is 30.0 Å². The third kappa shape index (κ3) is 2.56. The summed E-state index contributed by atoms with van der Waals surface area (Å²) in [5.74, 6) is 1.08. The Hall–Kier alpha value is -1.62. The average molecular weight is 273 g/mol. The van der Waals surface area contributed by atoms with E-state index in [9.17, 15) is 4.79 Å². The van der Waals surface area contributed by atoms with Crippen molar-refractivity contribution in [1.29, 1.82) is 0 Å². The third-order valence-electron chi connectivity index (χ3n) is 3.22. The Bertz CT molecular complexity index is 640. The molecule has 1 saturated carbocycles. The summed E-state index contributed by atoms with van der Waals surface area (Å²) in [6, 6.07) is 7.91. The SMILES string of the molecule is C[C@H](Sc1nc(C2CC2)nc2ccccc12)C(N)=O. The second kappa shape index (κ2) is 4.81. The average Bonchev–Trinajstić information content (AvgIpc) is 3.22. The molecule has 1 aliphatic rings. The lowest BCUT2D eigenvalue weighted by molar-refractivity contribution is -0.117. The molecule has 1 atom stereocenters. The first kappa shape index (κ1) is 12.4. The van der Waals surface area contributed by atoms with Gasteiger partial charge in [-0.05, 0) is 25.8 Å². The Morgan fingerprint density at radius 3 is 2.79 bits per heavy atom.